The van der Waals surface area contributed by atoms with Crippen LogP contribution in [0.5, 0.6) is 0 Å². The van der Waals surface area contributed by atoms with Gasteiger partial charge in [0, 0.05) is 13.2 Å². The molecule has 0 aliphatic rings. The zero-order valence-corrected chi connectivity index (χ0v) is 14.0. The molecule has 0 saturated carbocycles. The van der Waals surface area contributed by atoms with Gasteiger partial charge in [-0.05, 0) is 32.4 Å². The molecule has 1 heterocycles. The van der Waals surface area contributed by atoms with Crippen LogP contribution in [0.25, 0.3) is 11.0 Å². The first-order valence-corrected chi connectivity index (χ1v) is 7.91. The number of imidazole rings is 1. The predicted octanol–water partition coefficient (Wildman–Crippen LogP) is 2.94. The van der Waals surface area contributed by atoms with Crippen LogP contribution < -0.4 is 10.6 Å². The number of anilines is 1. The van der Waals surface area contributed by atoms with Gasteiger partial charge in [0.2, 0.25) is 12.2 Å². The minimum absolute atomic E-state index is 0.0958. The summed E-state index contributed by atoms with van der Waals surface area (Å²) in [4.78, 5) is 28.7. The molecule has 24 heavy (non-hydrogen) atoms. The smallest absolute Gasteiger partial charge is 0.416 e. The van der Waals surface area contributed by atoms with Crippen molar-refractivity contribution < 1.29 is 19.1 Å². The number of amides is 2. The molecular weight excluding hydrogens is 312 g/mol. The van der Waals surface area contributed by atoms with Crippen LogP contribution in [-0.4, -0.2) is 41.1 Å². The van der Waals surface area contributed by atoms with Crippen molar-refractivity contribution in [3.05, 3.63) is 24.3 Å². The highest BCUT2D eigenvalue weighted by Crippen LogP contribution is 2.19. The van der Waals surface area contributed by atoms with Gasteiger partial charge in [-0.2, -0.15) is 0 Å². The zero-order chi connectivity index (χ0) is 17.5. The van der Waals surface area contributed by atoms with Crippen molar-refractivity contribution in [2.45, 2.75) is 33.5 Å². The normalized spacial score (nSPS) is 12.0. The Labute approximate surface area is 140 Å². The first-order chi connectivity index (χ1) is 11.6. The Balaban J connectivity index is 2.25. The van der Waals surface area contributed by atoms with Crippen LogP contribution in [0, 0.1) is 0 Å². The van der Waals surface area contributed by atoms with E-state index < -0.39 is 12.4 Å². The zero-order valence-electron chi connectivity index (χ0n) is 14.0. The summed E-state index contributed by atoms with van der Waals surface area (Å²) in [5.74, 6) is 0.0958. The Hall–Kier alpha value is -2.61. The van der Waals surface area contributed by atoms with Crippen molar-refractivity contribution in [3.63, 3.8) is 0 Å². The topological polar surface area (TPSA) is 94.5 Å². The van der Waals surface area contributed by atoms with Gasteiger partial charge < -0.3 is 14.8 Å². The van der Waals surface area contributed by atoms with Crippen LogP contribution >= 0.6 is 0 Å². The second-order valence-electron chi connectivity index (χ2n) is 5.04. The van der Waals surface area contributed by atoms with Gasteiger partial charge in [-0.3, -0.25) is 5.32 Å². The molecule has 0 aliphatic heterocycles. The standard InChI is InChI=1S/C16H22N4O4/c1-4-10-17-15(21)20-13-9-7-6-8-12(13)18-14(20)19-16(22)24-11(3)23-5-2/h6-9,11H,4-5,10H2,1-3H3,(H,17,21)(H,18,19,22). The van der Waals surface area contributed by atoms with Gasteiger partial charge in [-0.25, -0.2) is 19.1 Å². The quantitative estimate of drug-likeness (QED) is 0.792. The number of benzene rings is 1. The van der Waals surface area contributed by atoms with Crippen LogP contribution in [0.2, 0.25) is 0 Å². The summed E-state index contributed by atoms with van der Waals surface area (Å²) >= 11 is 0. The van der Waals surface area contributed by atoms with Crippen LogP contribution in [-0.2, 0) is 9.47 Å². The van der Waals surface area contributed by atoms with Crippen LogP contribution in [0.1, 0.15) is 27.2 Å². The molecule has 130 valence electrons. The van der Waals surface area contributed by atoms with E-state index in [9.17, 15) is 9.59 Å². The highest BCUT2D eigenvalue weighted by Gasteiger charge is 2.19. The Kier molecular flexibility index (Phi) is 6.14. The van der Waals surface area contributed by atoms with E-state index in [4.69, 9.17) is 9.47 Å². The van der Waals surface area contributed by atoms with Gasteiger partial charge in [-0.1, -0.05) is 19.1 Å². The molecule has 0 radical (unpaired) electrons. The lowest BCUT2D eigenvalue weighted by Crippen LogP contribution is -2.31. The third-order valence-corrected chi connectivity index (χ3v) is 3.18. The average molecular weight is 334 g/mol. The van der Waals surface area contributed by atoms with Crippen molar-refractivity contribution in [1.29, 1.82) is 0 Å². The van der Waals surface area contributed by atoms with E-state index in [1.807, 2.05) is 13.0 Å². The molecule has 8 nitrogen and oxygen atoms in total. The monoisotopic (exact) mass is 334 g/mol. The van der Waals surface area contributed by atoms with E-state index >= 15 is 0 Å². The van der Waals surface area contributed by atoms with Crippen LogP contribution in [0.4, 0.5) is 15.5 Å². The maximum absolute atomic E-state index is 12.4. The molecule has 2 rings (SSSR count). The first kappa shape index (κ1) is 17.7. The van der Waals surface area contributed by atoms with Crippen molar-refractivity contribution >= 4 is 29.1 Å². The van der Waals surface area contributed by atoms with Crippen molar-refractivity contribution in [3.8, 4) is 0 Å². The van der Waals surface area contributed by atoms with Gasteiger partial charge in [0.25, 0.3) is 0 Å². The van der Waals surface area contributed by atoms with Crippen LogP contribution in [0.15, 0.2) is 24.3 Å². The van der Waals surface area contributed by atoms with Crippen molar-refractivity contribution in [2.75, 3.05) is 18.5 Å². The second kappa shape index (κ2) is 8.30. The number of carbonyl (C=O) groups is 2. The number of nitrogens with zero attached hydrogens (tertiary/aromatic N) is 2. The lowest BCUT2D eigenvalue weighted by atomic mass is 10.3. The molecule has 0 fully saturated rings. The molecule has 1 atom stereocenters. The number of hydrogen-bond donors (Lipinski definition) is 2. The second-order valence-corrected chi connectivity index (χ2v) is 5.04. The summed E-state index contributed by atoms with van der Waals surface area (Å²) in [5, 5.41) is 5.27. The Morgan fingerprint density at radius 2 is 2.04 bits per heavy atom. The minimum atomic E-state index is -0.740. The van der Waals surface area contributed by atoms with E-state index in [0.717, 1.165) is 6.42 Å². The number of nitrogens with one attached hydrogen (secondary N) is 2. The predicted molar refractivity (Wildman–Crippen MR) is 90.0 cm³/mol. The third-order valence-electron chi connectivity index (χ3n) is 3.18. The highest BCUT2D eigenvalue weighted by molar-refractivity contribution is 5.96. The largest absolute Gasteiger partial charge is 0.420 e. The number of para-hydroxylation sites is 2. The molecule has 1 aromatic heterocycles. The van der Waals surface area contributed by atoms with Gasteiger partial charge in [0.1, 0.15) is 0 Å². The summed E-state index contributed by atoms with van der Waals surface area (Å²) < 4.78 is 11.5. The number of aromatic nitrogens is 2. The number of rotatable bonds is 6. The Morgan fingerprint density at radius 1 is 1.29 bits per heavy atom. The fourth-order valence-corrected chi connectivity index (χ4v) is 2.17. The molecule has 0 bridgehead atoms. The maximum Gasteiger partial charge on any atom is 0.416 e. The molecule has 1 unspecified atom stereocenters. The Bertz CT molecular complexity index is 713. The summed E-state index contributed by atoms with van der Waals surface area (Å²) in [5.41, 5.74) is 1.19. The van der Waals surface area contributed by atoms with E-state index in [0.29, 0.717) is 24.2 Å². The van der Waals surface area contributed by atoms with Crippen molar-refractivity contribution in [1.82, 2.24) is 14.9 Å². The van der Waals surface area contributed by atoms with Gasteiger partial charge >= 0.3 is 12.1 Å². The number of carbonyl (C=O) groups excluding carboxylic acids is 2. The molecule has 1 aromatic carbocycles. The van der Waals surface area contributed by atoms with Crippen LogP contribution in [0.3, 0.4) is 0 Å². The van der Waals surface area contributed by atoms with Gasteiger partial charge in [0.15, 0.2) is 0 Å². The van der Waals surface area contributed by atoms with E-state index in [-0.39, 0.29) is 12.0 Å². The fraction of sp³-hybridized carbons (Fsp3) is 0.438. The molecule has 0 saturated heterocycles. The number of ether oxygens (including phenoxy) is 2. The molecule has 2 N–H and O–H groups in total. The summed E-state index contributed by atoms with van der Waals surface area (Å²) in [7, 11) is 0. The maximum atomic E-state index is 12.4. The van der Waals surface area contributed by atoms with Gasteiger partial charge in [0.05, 0.1) is 11.0 Å². The minimum Gasteiger partial charge on any atom is -0.420 e. The fourth-order valence-electron chi connectivity index (χ4n) is 2.17. The Morgan fingerprint density at radius 3 is 2.75 bits per heavy atom. The third kappa shape index (κ3) is 4.23. The summed E-state index contributed by atoms with van der Waals surface area (Å²) in [6, 6.07) is 6.76. The van der Waals surface area contributed by atoms with E-state index in [2.05, 4.69) is 15.6 Å². The lowest BCUT2D eigenvalue weighted by Gasteiger charge is -2.14. The average Bonchev–Trinajstić information content (AvgIpc) is 2.90. The molecule has 8 heteroatoms. The summed E-state index contributed by atoms with van der Waals surface area (Å²) in [6.07, 6.45) is -0.632. The first-order valence-electron chi connectivity index (χ1n) is 7.91. The SMILES string of the molecule is CCCNC(=O)n1c(NC(=O)OC(C)OCC)nc2ccccc21. The lowest BCUT2D eigenvalue weighted by molar-refractivity contribution is -0.0828. The molecule has 2 amide bonds. The molecule has 2 aromatic rings. The molecule has 0 aliphatic carbocycles. The highest BCUT2D eigenvalue weighted by atomic mass is 16.7. The number of hydrogen-bond acceptors (Lipinski definition) is 5. The molecule has 0 spiro atoms. The van der Waals surface area contributed by atoms with E-state index in [1.54, 1.807) is 32.0 Å². The van der Waals surface area contributed by atoms with Gasteiger partial charge in [-0.15, -0.1) is 0 Å². The summed E-state index contributed by atoms with van der Waals surface area (Å²) in [6.45, 7) is 6.32. The van der Waals surface area contributed by atoms with Crippen molar-refractivity contribution in [2.24, 2.45) is 0 Å². The molecular formula is C16H22N4O4. The van der Waals surface area contributed by atoms with E-state index in [1.165, 1.54) is 4.57 Å². The number of fused-ring (bicyclic) bond motifs is 1.